The van der Waals surface area contributed by atoms with Crippen LogP contribution in [0.1, 0.15) is 22.0 Å². The number of aromatic carboxylic acids is 1. The smallest absolute Gasteiger partial charge is 0.335 e. The molecule has 1 aromatic heterocycles. The van der Waals surface area contributed by atoms with Crippen molar-refractivity contribution in [1.29, 1.82) is 0 Å². The molecule has 1 fully saturated rings. The van der Waals surface area contributed by atoms with E-state index in [4.69, 9.17) is 5.11 Å². The predicted octanol–water partition coefficient (Wildman–Crippen LogP) is 2.05. The van der Waals surface area contributed by atoms with Crippen molar-refractivity contribution in [2.24, 2.45) is 7.05 Å². The average molecular weight is 334 g/mol. The fraction of sp³-hybridized carbons (Fsp3) is 0.375. The van der Waals surface area contributed by atoms with Gasteiger partial charge in [0.2, 0.25) is 0 Å². The van der Waals surface area contributed by atoms with E-state index < -0.39 is 18.0 Å². The van der Waals surface area contributed by atoms with E-state index in [9.17, 15) is 14.7 Å². The van der Waals surface area contributed by atoms with Crippen molar-refractivity contribution < 1.29 is 19.8 Å². The molecule has 2 aromatic rings. The molecule has 1 aliphatic heterocycles. The van der Waals surface area contributed by atoms with Crippen LogP contribution in [-0.2, 0) is 11.8 Å². The van der Waals surface area contributed by atoms with E-state index >= 15 is 0 Å². The van der Waals surface area contributed by atoms with Crippen LogP contribution in [0.25, 0.3) is 10.9 Å². The van der Waals surface area contributed by atoms with Crippen molar-refractivity contribution in [2.75, 3.05) is 24.6 Å². The molecule has 3 rings (SSSR count). The lowest BCUT2D eigenvalue weighted by Crippen LogP contribution is -2.39. The highest BCUT2D eigenvalue weighted by atomic mass is 32.2. The molecular weight excluding hydrogens is 316 g/mol. The van der Waals surface area contributed by atoms with Gasteiger partial charge in [0, 0.05) is 54.3 Å². The van der Waals surface area contributed by atoms with Gasteiger partial charge in [-0.3, -0.25) is 9.69 Å². The molecule has 1 saturated heterocycles. The van der Waals surface area contributed by atoms with Crippen LogP contribution in [0, 0.1) is 0 Å². The molecule has 2 heterocycles. The van der Waals surface area contributed by atoms with Crippen LogP contribution in [-0.4, -0.2) is 56.2 Å². The maximum absolute atomic E-state index is 11.9. The van der Waals surface area contributed by atoms with E-state index in [0.29, 0.717) is 0 Å². The fourth-order valence-corrected chi connectivity index (χ4v) is 4.02. The number of aryl methyl sites for hydroxylation is 1. The van der Waals surface area contributed by atoms with Gasteiger partial charge in [0.25, 0.3) is 0 Å². The number of nitrogens with zero attached hydrogens (tertiary/aromatic N) is 2. The topological polar surface area (TPSA) is 82.8 Å². The second-order valence-electron chi connectivity index (χ2n) is 5.62. The third-order valence-electron chi connectivity index (χ3n) is 4.21. The Morgan fingerprint density at radius 3 is 2.52 bits per heavy atom. The van der Waals surface area contributed by atoms with Crippen LogP contribution in [0.3, 0.4) is 0 Å². The number of carboxylic acid groups (broad SMARTS) is 2. The van der Waals surface area contributed by atoms with Gasteiger partial charge < -0.3 is 14.8 Å². The number of hydrogen-bond acceptors (Lipinski definition) is 4. The highest BCUT2D eigenvalue weighted by Crippen LogP contribution is 2.32. The summed E-state index contributed by atoms with van der Waals surface area (Å²) in [6.45, 7) is 1.48. The second kappa shape index (κ2) is 6.25. The number of rotatable bonds is 4. The summed E-state index contributed by atoms with van der Waals surface area (Å²) in [5, 5.41) is 19.7. The second-order valence-corrected chi connectivity index (χ2v) is 6.85. The largest absolute Gasteiger partial charge is 0.480 e. The molecule has 2 N–H and O–H groups in total. The van der Waals surface area contributed by atoms with Crippen LogP contribution in [0.4, 0.5) is 0 Å². The lowest BCUT2D eigenvalue weighted by atomic mass is 10.0. The molecule has 6 nitrogen and oxygen atoms in total. The number of fused-ring (bicyclic) bond motifs is 1. The molecule has 0 bridgehead atoms. The highest BCUT2D eigenvalue weighted by Gasteiger charge is 2.31. The first-order valence-corrected chi connectivity index (χ1v) is 8.51. The van der Waals surface area contributed by atoms with E-state index in [0.717, 1.165) is 41.1 Å². The Hall–Kier alpha value is -1.99. The zero-order valence-corrected chi connectivity index (χ0v) is 13.5. The molecule has 1 aromatic carbocycles. The molecule has 23 heavy (non-hydrogen) atoms. The van der Waals surface area contributed by atoms with E-state index in [1.165, 1.54) is 6.07 Å². The van der Waals surface area contributed by atoms with Gasteiger partial charge in [-0.05, 0) is 12.1 Å². The summed E-state index contributed by atoms with van der Waals surface area (Å²) in [6, 6.07) is 4.13. The van der Waals surface area contributed by atoms with E-state index in [-0.39, 0.29) is 5.56 Å². The predicted molar refractivity (Wildman–Crippen MR) is 89.2 cm³/mol. The molecular formula is C16H18N2O4S. The Morgan fingerprint density at radius 2 is 1.91 bits per heavy atom. The summed E-state index contributed by atoms with van der Waals surface area (Å²) >= 11 is 1.83. The molecule has 7 heteroatoms. The number of benzene rings is 1. The van der Waals surface area contributed by atoms with Crippen molar-refractivity contribution in [3.05, 3.63) is 35.5 Å². The number of hydrogen-bond donors (Lipinski definition) is 2. The third-order valence-corrected chi connectivity index (χ3v) is 5.15. The Bertz CT molecular complexity index is 765. The Labute approximate surface area is 137 Å². The zero-order valence-electron chi connectivity index (χ0n) is 12.7. The van der Waals surface area contributed by atoms with Crippen molar-refractivity contribution in [2.45, 2.75) is 6.04 Å². The Morgan fingerprint density at radius 1 is 1.22 bits per heavy atom. The third kappa shape index (κ3) is 2.94. The van der Waals surface area contributed by atoms with Crippen LogP contribution >= 0.6 is 11.8 Å². The highest BCUT2D eigenvalue weighted by molar-refractivity contribution is 7.99. The summed E-state index contributed by atoms with van der Waals surface area (Å²) in [4.78, 5) is 25.0. The lowest BCUT2D eigenvalue weighted by molar-refractivity contribution is -0.143. The summed E-state index contributed by atoms with van der Waals surface area (Å²) in [6.07, 6.45) is 1.80. The van der Waals surface area contributed by atoms with E-state index in [2.05, 4.69) is 0 Å². The first kappa shape index (κ1) is 15.9. The van der Waals surface area contributed by atoms with Gasteiger partial charge in [0.15, 0.2) is 0 Å². The van der Waals surface area contributed by atoms with Gasteiger partial charge in [-0.1, -0.05) is 6.07 Å². The molecule has 1 atom stereocenters. The minimum absolute atomic E-state index is 0.200. The summed E-state index contributed by atoms with van der Waals surface area (Å²) in [7, 11) is 1.81. The van der Waals surface area contributed by atoms with Gasteiger partial charge in [-0.15, -0.1) is 0 Å². The number of carbonyl (C=O) groups is 2. The van der Waals surface area contributed by atoms with Crippen LogP contribution in [0.2, 0.25) is 0 Å². The summed E-state index contributed by atoms with van der Waals surface area (Å²) in [5.74, 6) is -0.000657. The van der Waals surface area contributed by atoms with Crippen LogP contribution < -0.4 is 0 Å². The Kier molecular flexibility index (Phi) is 4.32. The molecule has 0 radical (unpaired) electrons. The standard InChI is InChI=1S/C16H18N2O4S/c1-17-9-12(11-3-2-10(15(19)20)8-13(11)17)14(16(21)22)18-4-6-23-7-5-18/h2-3,8-9,14H,4-7H2,1H3,(H,19,20)(H,21,22)/t14-/m1/s1. The SMILES string of the molecule is Cn1cc([C@H](C(=O)O)N2CCSCC2)c2ccc(C(=O)O)cc21. The lowest BCUT2D eigenvalue weighted by Gasteiger charge is -2.31. The van der Waals surface area contributed by atoms with Crippen LogP contribution in [0.15, 0.2) is 24.4 Å². The van der Waals surface area contributed by atoms with Crippen molar-refractivity contribution >= 4 is 34.6 Å². The minimum Gasteiger partial charge on any atom is -0.480 e. The number of aliphatic carboxylic acids is 1. The van der Waals surface area contributed by atoms with Crippen molar-refractivity contribution in [3.63, 3.8) is 0 Å². The first-order chi connectivity index (χ1) is 11.0. The number of carboxylic acids is 2. The van der Waals surface area contributed by atoms with E-state index in [1.54, 1.807) is 22.9 Å². The monoisotopic (exact) mass is 334 g/mol. The van der Waals surface area contributed by atoms with Gasteiger partial charge in [-0.2, -0.15) is 11.8 Å². The van der Waals surface area contributed by atoms with Crippen molar-refractivity contribution in [3.8, 4) is 0 Å². The van der Waals surface area contributed by atoms with Gasteiger partial charge in [0.1, 0.15) is 6.04 Å². The zero-order chi connectivity index (χ0) is 16.6. The first-order valence-electron chi connectivity index (χ1n) is 7.36. The number of aromatic nitrogens is 1. The molecule has 0 saturated carbocycles. The maximum Gasteiger partial charge on any atom is 0.335 e. The summed E-state index contributed by atoms with van der Waals surface area (Å²) < 4.78 is 1.80. The minimum atomic E-state index is -0.988. The molecule has 0 aliphatic carbocycles. The van der Waals surface area contributed by atoms with Gasteiger partial charge in [0.05, 0.1) is 5.56 Å². The maximum atomic E-state index is 11.9. The molecule has 122 valence electrons. The average Bonchev–Trinajstić information content (AvgIpc) is 2.85. The number of thioether (sulfide) groups is 1. The van der Waals surface area contributed by atoms with Crippen LogP contribution in [0.5, 0.6) is 0 Å². The van der Waals surface area contributed by atoms with Gasteiger partial charge >= 0.3 is 11.9 Å². The molecule has 0 amide bonds. The molecule has 0 spiro atoms. The van der Waals surface area contributed by atoms with Gasteiger partial charge in [-0.25, -0.2) is 4.79 Å². The fourth-order valence-electron chi connectivity index (χ4n) is 3.09. The molecule has 1 aliphatic rings. The van der Waals surface area contributed by atoms with Crippen molar-refractivity contribution in [1.82, 2.24) is 9.47 Å². The Balaban J connectivity index is 2.09. The normalized spacial score (nSPS) is 17.3. The summed E-state index contributed by atoms with van der Waals surface area (Å²) in [5.41, 5.74) is 1.66. The van der Waals surface area contributed by atoms with E-state index in [1.807, 2.05) is 23.7 Å². The quantitative estimate of drug-likeness (QED) is 0.890. The molecule has 0 unspecified atom stereocenters.